The number of carbonyl (C=O) groups excluding carboxylic acids is 1. The maximum Gasteiger partial charge on any atom is 0 e. The minimum atomic E-state index is -1.85. The van der Waals surface area contributed by atoms with Crippen molar-refractivity contribution in [3.05, 3.63) is 95.4 Å². The molecule has 3 aromatic carbocycles. The smallest absolute Gasteiger partial charge is 0 e. The van der Waals surface area contributed by atoms with E-state index in [1.807, 2.05) is 45.2 Å². The van der Waals surface area contributed by atoms with Crippen molar-refractivity contribution in [3.63, 3.8) is 0 Å². The summed E-state index contributed by atoms with van der Waals surface area (Å²) in [5.74, 6) is 8.37. The third kappa shape index (κ3) is 9.45. The van der Waals surface area contributed by atoms with Gasteiger partial charge in [0, 0.05) is 38.0 Å². The minimum absolute atomic E-state index is 0. The van der Waals surface area contributed by atoms with Gasteiger partial charge in [-0.1, -0.05) is 59.7 Å². The molecular formula is C44H56GeIrNO2S-. The Kier molecular flexibility index (Phi) is 15.3. The second-order valence-electron chi connectivity index (χ2n) is 14.7. The zero-order valence-corrected chi connectivity index (χ0v) is 37.3. The van der Waals surface area contributed by atoms with Crippen LogP contribution in [0, 0.1) is 31.7 Å². The normalized spacial score (nSPS) is 12.1. The molecular weight excluding hydrogens is 871 g/mol. The van der Waals surface area contributed by atoms with Crippen molar-refractivity contribution in [3.8, 4) is 21.7 Å². The SMILES string of the molecule is CCC(CC)C(=O)/C=C(\O)C(CC)CC.Cc1c[c]([Ge]([CH3])([CH3])[CH3])ccc1-c1sc2c(-c3[c-]c4ccccc4c(C(C)C)c3)nccc2c1C.[Ir]. The first-order valence-corrected chi connectivity index (χ1v) is 26.3. The van der Waals surface area contributed by atoms with Gasteiger partial charge in [-0.25, -0.2) is 0 Å². The Morgan fingerprint density at radius 1 is 0.900 bits per heavy atom. The number of allylic oxidation sites excluding steroid dienone is 2. The molecule has 0 atom stereocenters. The summed E-state index contributed by atoms with van der Waals surface area (Å²) < 4.78 is 2.82. The number of aliphatic hydroxyl groups excluding tert-OH is 1. The van der Waals surface area contributed by atoms with Crippen LogP contribution in [-0.4, -0.2) is 29.1 Å². The van der Waals surface area contributed by atoms with Crippen molar-refractivity contribution in [1.29, 1.82) is 0 Å². The Labute approximate surface area is 321 Å². The molecule has 6 heteroatoms. The first kappa shape index (κ1) is 41.8. The van der Waals surface area contributed by atoms with E-state index in [4.69, 9.17) is 4.98 Å². The van der Waals surface area contributed by atoms with E-state index in [0.717, 1.165) is 42.3 Å². The fourth-order valence-corrected chi connectivity index (χ4v) is 10.6. The number of ketones is 1. The maximum atomic E-state index is 11.7. The van der Waals surface area contributed by atoms with Gasteiger partial charge in [0.25, 0.3) is 0 Å². The van der Waals surface area contributed by atoms with Gasteiger partial charge in [0.2, 0.25) is 0 Å². The van der Waals surface area contributed by atoms with E-state index in [1.165, 1.54) is 48.7 Å². The number of hydrogen-bond acceptors (Lipinski definition) is 4. The number of hydrogen-bond donors (Lipinski definition) is 1. The number of benzene rings is 3. The number of rotatable bonds is 11. The number of pyridine rings is 1. The van der Waals surface area contributed by atoms with Crippen molar-refractivity contribution in [2.75, 3.05) is 0 Å². The van der Waals surface area contributed by atoms with Gasteiger partial charge in [-0.05, 0) is 25.7 Å². The Morgan fingerprint density at radius 3 is 2.12 bits per heavy atom. The minimum Gasteiger partial charge on any atom is 0 e. The fourth-order valence-electron chi connectivity index (χ4n) is 6.62. The predicted octanol–water partition coefficient (Wildman–Crippen LogP) is 12.7. The molecule has 0 bridgehead atoms. The van der Waals surface area contributed by atoms with E-state index in [0.29, 0.717) is 5.92 Å². The van der Waals surface area contributed by atoms with Crippen LogP contribution in [0.25, 0.3) is 42.6 Å². The number of nitrogens with zero attached hydrogens (tertiary/aromatic N) is 1. The van der Waals surface area contributed by atoms with Crippen molar-refractivity contribution in [2.24, 2.45) is 11.8 Å². The van der Waals surface area contributed by atoms with Gasteiger partial charge >= 0.3 is 179 Å². The Hall–Kier alpha value is -2.57. The van der Waals surface area contributed by atoms with Gasteiger partial charge in [-0.15, -0.1) is 0 Å². The summed E-state index contributed by atoms with van der Waals surface area (Å²) >= 11 is 0.0241. The summed E-state index contributed by atoms with van der Waals surface area (Å²) in [6.07, 6.45) is 6.87. The van der Waals surface area contributed by atoms with Crippen LogP contribution < -0.4 is 4.40 Å². The second-order valence-corrected chi connectivity index (χ2v) is 26.4. The van der Waals surface area contributed by atoms with E-state index in [-0.39, 0.29) is 43.5 Å². The maximum absolute atomic E-state index is 11.7. The molecule has 1 N–H and O–H groups in total. The van der Waals surface area contributed by atoms with Crippen LogP contribution in [-0.2, 0) is 24.9 Å². The topological polar surface area (TPSA) is 50.2 Å². The molecule has 0 saturated heterocycles. The quantitative estimate of drug-likeness (QED) is 0.0621. The van der Waals surface area contributed by atoms with Crippen molar-refractivity contribution in [2.45, 2.75) is 104 Å². The summed E-state index contributed by atoms with van der Waals surface area (Å²) in [5.41, 5.74) is 7.57. The van der Waals surface area contributed by atoms with E-state index in [9.17, 15) is 9.90 Å². The van der Waals surface area contributed by atoms with E-state index in [1.54, 1.807) is 4.40 Å². The average Bonchev–Trinajstić information content (AvgIpc) is 3.41. The van der Waals surface area contributed by atoms with Crippen molar-refractivity contribution < 1.29 is 30.0 Å². The molecule has 269 valence electrons. The number of aliphatic hydroxyl groups is 1. The van der Waals surface area contributed by atoms with Crippen LogP contribution in [0.1, 0.15) is 89.8 Å². The molecule has 1 radical (unpaired) electrons. The Balaban J connectivity index is 0.000000361. The molecule has 0 spiro atoms. The third-order valence-corrected chi connectivity index (χ3v) is 15.6. The zero-order chi connectivity index (χ0) is 36.0. The molecule has 0 unspecified atom stereocenters. The van der Waals surface area contributed by atoms with Crippen LogP contribution in [0.15, 0.2) is 72.6 Å². The van der Waals surface area contributed by atoms with Crippen molar-refractivity contribution >= 4 is 55.6 Å². The predicted molar refractivity (Wildman–Crippen MR) is 217 cm³/mol. The monoisotopic (exact) mass is 929 g/mol. The summed E-state index contributed by atoms with van der Waals surface area (Å²) in [7, 11) is 0. The van der Waals surface area contributed by atoms with Gasteiger partial charge in [0.05, 0.1) is 5.76 Å². The molecule has 50 heavy (non-hydrogen) atoms. The molecule has 2 aromatic heterocycles. The van der Waals surface area contributed by atoms with Gasteiger partial charge in [0.15, 0.2) is 5.78 Å². The standard InChI is InChI=1S/C31H32GeNS.C13H24O2.Ir/c1-19(2)28-18-23(17-22-10-8-9-11-27(22)28)29-31-26(14-15-33-29)21(4)30(34-31)25-13-12-24(16-20(25)3)32(5,6)7;1-5-10(6-2)12(14)9-13(15)11(7-3)8-4;/h8-16,18-19H,1-7H3;9-11,14H,5-8H2,1-4H3;/q-1;;/b;12-9-;. The first-order valence-electron chi connectivity index (χ1n) is 18.1. The van der Waals surface area contributed by atoms with Gasteiger partial charge in [-0.2, -0.15) is 0 Å². The molecule has 0 saturated carbocycles. The summed E-state index contributed by atoms with van der Waals surface area (Å²) in [4.78, 5) is 18.0. The number of aryl methyl sites for hydroxylation is 2. The largest absolute Gasteiger partial charge is 0 e. The Bertz CT molecular complexity index is 1940. The van der Waals surface area contributed by atoms with Gasteiger partial charge in [0.1, 0.15) is 0 Å². The summed E-state index contributed by atoms with van der Waals surface area (Å²) in [5, 5.41) is 13.5. The van der Waals surface area contributed by atoms with Crippen LogP contribution >= 0.6 is 11.3 Å². The van der Waals surface area contributed by atoms with E-state index < -0.39 is 13.3 Å². The zero-order valence-electron chi connectivity index (χ0n) is 32.0. The molecule has 0 fully saturated rings. The second kappa shape index (κ2) is 18.3. The van der Waals surface area contributed by atoms with E-state index in [2.05, 4.69) is 106 Å². The molecule has 3 nitrogen and oxygen atoms in total. The molecule has 2 heterocycles. The molecule has 5 aromatic rings. The Morgan fingerprint density at radius 2 is 1.54 bits per heavy atom. The number of aromatic nitrogens is 1. The van der Waals surface area contributed by atoms with Gasteiger partial charge < -0.3 is 5.11 Å². The molecule has 0 aliphatic carbocycles. The third-order valence-electron chi connectivity index (χ3n) is 9.96. The van der Waals surface area contributed by atoms with Crippen LogP contribution in [0.4, 0.5) is 0 Å². The summed E-state index contributed by atoms with van der Waals surface area (Å²) in [6, 6.07) is 23.9. The van der Waals surface area contributed by atoms with E-state index >= 15 is 0 Å². The van der Waals surface area contributed by atoms with Crippen LogP contribution in [0.5, 0.6) is 0 Å². The molecule has 5 rings (SSSR count). The number of fused-ring (bicyclic) bond motifs is 2. The molecule has 0 aliphatic heterocycles. The summed E-state index contributed by atoms with van der Waals surface area (Å²) in [6.45, 7) is 17.1. The van der Waals surface area contributed by atoms with Crippen LogP contribution in [0.3, 0.4) is 0 Å². The average molecular weight is 928 g/mol. The first-order chi connectivity index (χ1) is 23.2. The van der Waals surface area contributed by atoms with Crippen molar-refractivity contribution in [1.82, 2.24) is 4.98 Å². The van der Waals surface area contributed by atoms with Gasteiger partial charge in [-0.3, -0.25) is 4.79 Å². The molecule has 0 aliphatic rings. The fraction of sp³-hybridized carbons (Fsp3) is 0.409. The number of thiophene rings is 1. The molecule has 0 amide bonds. The number of carbonyl (C=O) groups is 1. The van der Waals surface area contributed by atoms with Crippen LogP contribution in [0.2, 0.25) is 17.3 Å².